The molecule has 0 aliphatic heterocycles. The predicted molar refractivity (Wildman–Crippen MR) is 77.0 cm³/mol. The first-order valence-corrected chi connectivity index (χ1v) is 6.58. The second kappa shape index (κ2) is 4.82. The van der Waals surface area contributed by atoms with Crippen LogP contribution in [0.15, 0.2) is 43.0 Å². The van der Waals surface area contributed by atoms with Gasteiger partial charge in [0.15, 0.2) is 0 Å². The summed E-state index contributed by atoms with van der Waals surface area (Å²) >= 11 is 0. The van der Waals surface area contributed by atoms with E-state index in [1.165, 1.54) is 5.56 Å². The first-order valence-electron chi connectivity index (χ1n) is 6.58. The van der Waals surface area contributed by atoms with E-state index in [-0.39, 0.29) is 12.0 Å². The molecule has 0 amide bonds. The Balaban J connectivity index is 2.67. The monoisotopic (exact) mass is 258 g/mol. The van der Waals surface area contributed by atoms with Gasteiger partial charge in [-0.25, -0.2) is 4.98 Å². The maximum absolute atomic E-state index is 10.2. The number of rotatable bonds is 3. The molecular formula is C16H22N2O. The third-order valence-corrected chi connectivity index (χ3v) is 3.94. The van der Waals surface area contributed by atoms with Gasteiger partial charge >= 0.3 is 0 Å². The summed E-state index contributed by atoms with van der Waals surface area (Å²) in [6.07, 6.45) is 5.45. The van der Waals surface area contributed by atoms with Crippen LogP contribution in [0.3, 0.4) is 0 Å². The van der Waals surface area contributed by atoms with Gasteiger partial charge in [-0.05, 0) is 17.9 Å². The summed E-state index contributed by atoms with van der Waals surface area (Å²) in [5.41, 5.74) is 1.68. The van der Waals surface area contributed by atoms with Crippen LogP contribution in [0, 0.1) is 12.3 Å². The zero-order valence-electron chi connectivity index (χ0n) is 12.1. The molecule has 0 radical (unpaired) electrons. The van der Waals surface area contributed by atoms with Crippen molar-refractivity contribution in [3.63, 3.8) is 0 Å². The van der Waals surface area contributed by atoms with E-state index >= 15 is 0 Å². The molecule has 1 N–H and O–H groups in total. The first-order chi connectivity index (χ1) is 8.91. The molecule has 3 nitrogen and oxygen atoms in total. The van der Waals surface area contributed by atoms with Crippen LogP contribution in [0.5, 0.6) is 0 Å². The third-order valence-electron chi connectivity index (χ3n) is 3.94. The van der Waals surface area contributed by atoms with Crippen molar-refractivity contribution in [2.45, 2.75) is 33.2 Å². The van der Waals surface area contributed by atoms with Gasteiger partial charge in [-0.1, -0.05) is 50.6 Å². The number of aromatic nitrogens is 2. The second-order valence-corrected chi connectivity index (χ2v) is 6.10. The highest BCUT2D eigenvalue weighted by Gasteiger charge is 2.44. The fourth-order valence-corrected chi connectivity index (χ4v) is 2.69. The Morgan fingerprint density at radius 3 is 2.21 bits per heavy atom. The molecule has 3 heteroatoms. The van der Waals surface area contributed by atoms with Gasteiger partial charge in [0.05, 0.1) is 18.5 Å². The summed E-state index contributed by atoms with van der Waals surface area (Å²) in [6, 6.07) is 8.36. The number of benzene rings is 1. The van der Waals surface area contributed by atoms with Crippen molar-refractivity contribution in [1.82, 2.24) is 9.55 Å². The maximum Gasteiger partial charge on any atom is 0.0983 e. The van der Waals surface area contributed by atoms with Crippen molar-refractivity contribution in [3.05, 3.63) is 54.1 Å². The lowest BCUT2D eigenvalue weighted by Crippen LogP contribution is -2.49. The number of aryl methyl sites for hydroxylation is 1. The molecule has 1 aromatic carbocycles. The van der Waals surface area contributed by atoms with E-state index in [4.69, 9.17) is 0 Å². The molecule has 2 rings (SSSR count). The molecule has 102 valence electrons. The van der Waals surface area contributed by atoms with Crippen molar-refractivity contribution >= 4 is 0 Å². The fraction of sp³-hybridized carbons (Fsp3) is 0.438. The van der Waals surface area contributed by atoms with E-state index in [0.29, 0.717) is 0 Å². The number of nitrogens with zero attached hydrogens (tertiary/aromatic N) is 2. The SMILES string of the molecule is Cc1ccc(C(CO)(n2ccnc2)C(C)(C)C)cc1. The number of aliphatic hydroxyl groups is 1. The van der Waals surface area contributed by atoms with Gasteiger partial charge in [0, 0.05) is 12.4 Å². The van der Waals surface area contributed by atoms with Crippen LogP contribution in [-0.4, -0.2) is 21.3 Å². The minimum absolute atomic E-state index is 0.0376. The number of imidazole rings is 1. The van der Waals surface area contributed by atoms with Gasteiger partial charge in [-0.2, -0.15) is 0 Å². The Labute approximate surface area is 114 Å². The van der Waals surface area contributed by atoms with Crippen molar-refractivity contribution < 1.29 is 5.11 Å². The Morgan fingerprint density at radius 2 is 1.79 bits per heavy atom. The van der Waals surface area contributed by atoms with Gasteiger partial charge in [0.2, 0.25) is 0 Å². The largest absolute Gasteiger partial charge is 0.394 e. The molecule has 0 aliphatic carbocycles. The van der Waals surface area contributed by atoms with Crippen molar-refractivity contribution in [2.24, 2.45) is 5.41 Å². The molecule has 1 atom stereocenters. The van der Waals surface area contributed by atoms with Gasteiger partial charge in [-0.3, -0.25) is 0 Å². The van der Waals surface area contributed by atoms with Crippen LogP contribution < -0.4 is 0 Å². The fourth-order valence-electron chi connectivity index (χ4n) is 2.69. The van der Waals surface area contributed by atoms with Crippen LogP contribution in [0.1, 0.15) is 31.9 Å². The van der Waals surface area contributed by atoms with Crippen LogP contribution in [0.25, 0.3) is 0 Å². The highest BCUT2D eigenvalue weighted by Crippen LogP contribution is 2.42. The maximum atomic E-state index is 10.2. The van der Waals surface area contributed by atoms with Crippen molar-refractivity contribution in [3.8, 4) is 0 Å². The molecule has 0 aliphatic rings. The van der Waals surface area contributed by atoms with Crippen LogP contribution >= 0.6 is 0 Å². The normalized spacial score (nSPS) is 15.2. The standard InChI is InChI=1S/C16H22N2O/c1-13-5-7-14(8-6-13)16(11-19,15(2,3)4)18-10-9-17-12-18/h5-10,12,19H,11H2,1-4H3. The van der Waals surface area contributed by atoms with E-state index in [9.17, 15) is 5.11 Å². The van der Waals surface area contributed by atoms with Crippen LogP contribution in [-0.2, 0) is 5.54 Å². The lowest BCUT2D eigenvalue weighted by Gasteiger charge is -2.45. The summed E-state index contributed by atoms with van der Waals surface area (Å²) < 4.78 is 2.01. The Hall–Kier alpha value is -1.61. The smallest absolute Gasteiger partial charge is 0.0983 e. The average molecular weight is 258 g/mol. The summed E-state index contributed by atoms with van der Waals surface area (Å²) in [6.45, 7) is 8.53. The van der Waals surface area contributed by atoms with E-state index in [1.54, 1.807) is 12.5 Å². The number of aliphatic hydroxyl groups excluding tert-OH is 1. The molecule has 1 aromatic heterocycles. The molecule has 1 unspecified atom stereocenters. The van der Waals surface area contributed by atoms with Crippen molar-refractivity contribution in [2.75, 3.05) is 6.61 Å². The molecular weight excluding hydrogens is 236 g/mol. The number of hydrogen-bond donors (Lipinski definition) is 1. The molecule has 2 aromatic rings. The van der Waals surface area contributed by atoms with Gasteiger partial charge in [0.1, 0.15) is 0 Å². The molecule has 0 bridgehead atoms. The molecule has 0 saturated carbocycles. The Kier molecular flexibility index (Phi) is 3.50. The molecule has 1 heterocycles. The highest BCUT2D eigenvalue weighted by molar-refractivity contribution is 5.31. The lowest BCUT2D eigenvalue weighted by molar-refractivity contribution is 0.0622. The first kappa shape index (κ1) is 13.8. The summed E-state index contributed by atoms with van der Waals surface area (Å²) in [7, 11) is 0. The van der Waals surface area contributed by atoms with E-state index in [1.807, 2.05) is 10.8 Å². The zero-order chi connectivity index (χ0) is 14.1. The van der Waals surface area contributed by atoms with E-state index in [0.717, 1.165) is 5.56 Å². The molecule has 0 spiro atoms. The summed E-state index contributed by atoms with van der Waals surface area (Å²) in [5, 5.41) is 10.2. The Morgan fingerprint density at radius 1 is 1.16 bits per heavy atom. The van der Waals surface area contributed by atoms with Crippen molar-refractivity contribution in [1.29, 1.82) is 0 Å². The minimum Gasteiger partial charge on any atom is -0.394 e. The molecule has 0 fully saturated rings. The third kappa shape index (κ3) is 2.19. The van der Waals surface area contributed by atoms with E-state index < -0.39 is 5.54 Å². The minimum atomic E-state index is -0.503. The zero-order valence-corrected chi connectivity index (χ0v) is 12.1. The predicted octanol–water partition coefficient (Wildman–Crippen LogP) is 2.97. The van der Waals surface area contributed by atoms with Crippen LogP contribution in [0.4, 0.5) is 0 Å². The summed E-state index contributed by atoms with van der Waals surface area (Å²) in [4.78, 5) is 4.14. The highest BCUT2D eigenvalue weighted by atomic mass is 16.3. The molecule has 0 saturated heterocycles. The quantitative estimate of drug-likeness (QED) is 0.919. The second-order valence-electron chi connectivity index (χ2n) is 6.10. The summed E-state index contributed by atoms with van der Waals surface area (Å²) in [5.74, 6) is 0. The Bertz CT molecular complexity index is 523. The van der Waals surface area contributed by atoms with Crippen LogP contribution in [0.2, 0.25) is 0 Å². The molecule has 19 heavy (non-hydrogen) atoms. The lowest BCUT2D eigenvalue weighted by atomic mass is 9.69. The topological polar surface area (TPSA) is 38.0 Å². The van der Waals surface area contributed by atoms with Gasteiger partial charge < -0.3 is 9.67 Å². The van der Waals surface area contributed by atoms with E-state index in [2.05, 4.69) is 56.9 Å². The van der Waals surface area contributed by atoms with Gasteiger partial charge in [-0.15, -0.1) is 0 Å². The average Bonchev–Trinajstić information content (AvgIpc) is 2.85. The number of hydrogen-bond acceptors (Lipinski definition) is 2. The van der Waals surface area contributed by atoms with Gasteiger partial charge in [0.25, 0.3) is 0 Å².